The first-order valence-corrected chi connectivity index (χ1v) is 5.10. The summed E-state index contributed by atoms with van der Waals surface area (Å²) in [7, 11) is 0. The lowest BCUT2D eigenvalue weighted by Crippen LogP contribution is -2.10. The quantitative estimate of drug-likeness (QED) is 0.714. The first-order chi connectivity index (χ1) is 7.19. The molecule has 0 fully saturated rings. The number of hydrogen-bond donors (Lipinski definition) is 0. The van der Waals surface area contributed by atoms with Gasteiger partial charge in [-0.15, -0.1) is 0 Å². The number of carbonyl (C=O) groups excluding carboxylic acids is 1. The van der Waals surface area contributed by atoms with Crippen molar-refractivity contribution < 1.29 is 13.9 Å². The van der Waals surface area contributed by atoms with Gasteiger partial charge in [0.05, 0.1) is 13.0 Å². The Balaban J connectivity index is 2.87. The Hall–Kier alpha value is -1.38. The van der Waals surface area contributed by atoms with Gasteiger partial charge in [-0.05, 0) is 25.0 Å². The van der Waals surface area contributed by atoms with Crippen LogP contribution in [0.3, 0.4) is 0 Å². The summed E-state index contributed by atoms with van der Waals surface area (Å²) in [6.45, 7) is 4.00. The van der Waals surface area contributed by atoms with Crippen molar-refractivity contribution >= 4 is 5.97 Å². The van der Waals surface area contributed by atoms with E-state index in [2.05, 4.69) is 0 Å². The minimum atomic E-state index is -0.377. The van der Waals surface area contributed by atoms with Crippen LogP contribution in [0, 0.1) is 5.82 Å². The number of hydrogen-bond acceptors (Lipinski definition) is 2. The minimum absolute atomic E-state index is 0.0175. The molecular formula is C12H15FO2. The summed E-state index contributed by atoms with van der Waals surface area (Å²) >= 11 is 0. The first kappa shape index (κ1) is 11.7. The zero-order chi connectivity index (χ0) is 11.3. The second-order valence-corrected chi connectivity index (χ2v) is 3.21. The first-order valence-electron chi connectivity index (χ1n) is 5.10. The van der Waals surface area contributed by atoms with E-state index in [0.29, 0.717) is 18.6 Å². The van der Waals surface area contributed by atoms with Crippen LogP contribution < -0.4 is 0 Å². The summed E-state index contributed by atoms with van der Waals surface area (Å²) in [6, 6.07) is 4.86. The van der Waals surface area contributed by atoms with Gasteiger partial charge in [0.2, 0.25) is 0 Å². The molecule has 0 saturated heterocycles. The zero-order valence-corrected chi connectivity index (χ0v) is 9.05. The fraction of sp³-hybridized carbons (Fsp3) is 0.417. The Morgan fingerprint density at radius 3 is 2.73 bits per heavy atom. The van der Waals surface area contributed by atoms with E-state index in [1.807, 2.05) is 13.0 Å². The van der Waals surface area contributed by atoms with Crippen LogP contribution >= 0.6 is 0 Å². The second-order valence-electron chi connectivity index (χ2n) is 3.21. The summed E-state index contributed by atoms with van der Waals surface area (Å²) < 4.78 is 18.2. The molecule has 1 aromatic rings. The van der Waals surface area contributed by atoms with E-state index < -0.39 is 0 Å². The van der Waals surface area contributed by atoms with Gasteiger partial charge in [-0.1, -0.05) is 19.1 Å². The monoisotopic (exact) mass is 210 g/mol. The van der Waals surface area contributed by atoms with Crippen molar-refractivity contribution in [2.75, 3.05) is 6.61 Å². The van der Waals surface area contributed by atoms with Crippen LogP contribution in [0.25, 0.3) is 0 Å². The Morgan fingerprint density at radius 2 is 2.13 bits per heavy atom. The molecule has 0 aliphatic rings. The molecule has 0 aliphatic heterocycles. The molecule has 0 radical (unpaired) electrons. The van der Waals surface area contributed by atoms with Gasteiger partial charge < -0.3 is 4.74 Å². The van der Waals surface area contributed by atoms with E-state index in [1.165, 1.54) is 6.07 Å². The van der Waals surface area contributed by atoms with Gasteiger partial charge in [-0.2, -0.15) is 0 Å². The molecule has 0 aromatic heterocycles. The molecule has 0 unspecified atom stereocenters. The Bertz CT molecular complexity index is 347. The number of aryl methyl sites for hydroxylation is 1. The molecule has 0 saturated carbocycles. The molecule has 15 heavy (non-hydrogen) atoms. The highest BCUT2D eigenvalue weighted by Crippen LogP contribution is 2.15. The number of carbonyl (C=O) groups is 1. The van der Waals surface area contributed by atoms with Crippen LogP contribution in [0.5, 0.6) is 0 Å². The van der Waals surface area contributed by atoms with Gasteiger partial charge in [0.25, 0.3) is 0 Å². The summed E-state index contributed by atoms with van der Waals surface area (Å²) in [4.78, 5) is 11.2. The van der Waals surface area contributed by atoms with Crippen LogP contribution in [-0.4, -0.2) is 12.6 Å². The van der Waals surface area contributed by atoms with E-state index >= 15 is 0 Å². The van der Waals surface area contributed by atoms with Crippen molar-refractivity contribution in [3.05, 3.63) is 35.1 Å². The SMILES string of the molecule is CCOC(=O)Cc1c(F)cccc1CC. The third kappa shape index (κ3) is 3.05. The normalized spacial score (nSPS) is 10.1. The van der Waals surface area contributed by atoms with Crippen LogP contribution in [-0.2, 0) is 22.4 Å². The molecule has 82 valence electrons. The summed E-state index contributed by atoms with van der Waals surface area (Å²) in [5, 5.41) is 0. The van der Waals surface area contributed by atoms with E-state index in [0.717, 1.165) is 5.56 Å². The lowest BCUT2D eigenvalue weighted by molar-refractivity contribution is -0.142. The number of ether oxygens (including phenoxy) is 1. The Kier molecular flexibility index (Phi) is 4.28. The van der Waals surface area contributed by atoms with E-state index in [4.69, 9.17) is 4.74 Å². The van der Waals surface area contributed by atoms with Crippen molar-refractivity contribution in [1.29, 1.82) is 0 Å². The smallest absolute Gasteiger partial charge is 0.310 e. The number of halogens is 1. The van der Waals surface area contributed by atoms with Crippen LogP contribution in [0.15, 0.2) is 18.2 Å². The van der Waals surface area contributed by atoms with Crippen molar-refractivity contribution in [2.24, 2.45) is 0 Å². The third-order valence-corrected chi connectivity index (χ3v) is 2.22. The molecule has 0 aliphatic carbocycles. The van der Waals surface area contributed by atoms with Gasteiger partial charge in [0.15, 0.2) is 0 Å². The van der Waals surface area contributed by atoms with Gasteiger partial charge in [-0.3, -0.25) is 4.79 Å². The molecule has 1 rings (SSSR count). The molecule has 3 heteroatoms. The molecule has 0 bridgehead atoms. The summed E-state index contributed by atoms with van der Waals surface area (Å²) in [6.07, 6.45) is 0.732. The van der Waals surface area contributed by atoms with Crippen molar-refractivity contribution in [2.45, 2.75) is 26.7 Å². The fourth-order valence-corrected chi connectivity index (χ4v) is 1.49. The average molecular weight is 210 g/mol. The highest BCUT2D eigenvalue weighted by molar-refractivity contribution is 5.73. The maximum Gasteiger partial charge on any atom is 0.310 e. The van der Waals surface area contributed by atoms with E-state index in [9.17, 15) is 9.18 Å². The largest absolute Gasteiger partial charge is 0.466 e. The van der Waals surface area contributed by atoms with Crippen LogP contribution in [0.4, 0.5) is 4.39 Å². The van der Waals surface area contributed by atoms with Crippen LogP contribution in [0.1, 0.15) is 25.0 Å². The van der Waals surface area contributed by atoms with Gasteiger partial charge in [0.1, 0.15) is 5.82 Å². The molecule has 0 atom stereocenters. The van der Waals surface area contributed by atoms with Gasteiger partial charge >= 0.3 is 5.97 Å². The zero-order valence-electron chi connectivity index (χ0n) is 9.05. The van der Waals surface area contributed by atoms with Crippen molar-refractivity contribution in [1.82, 2.24) is 0 Å². The molecule has 0 N–H and O–H groups in total. The summed E-state index contributed by atoms with van der Waals surface area (Å²) in [5.74, 6) is -0.709. The second kappa shape index (κ2) is 5.49. The highest BCUT2D eigenvalue weighted by Gasteiger charge is 2.12. The minimum Gasteiger partial charge on any atom is -0.466 e. The lowest BCUT2D eigenvalue weighted by atomic mass is 10.0. The standard InChI is InChI=1S/C12H15FO2/c1-3-9-6-5-7-11(13)10(9)8-12(14)15-4-2/h5-7H,3-4,8H2,1-2H3. The fourth-order valence-electron chi connectivity index (χ4n) is 1.49. The third-order valence-electron chi connectivity index (χ3n) is 2.22. The lowest BCUT2D eigenvalue weighted by Gasteiger charge is -2.08. The Labute approximate surface area is 89.1 Å². The van der Waals surface area contributed by atoms with E-state index in [-0.39, 0.29) is 18.2 Å². The summed E-state index contributed by atoms with van der Waals surface area (Å²) in [5.41, 5.74) is 1.32. The average Bonchev–Trinajstić information content (AvgIpc) is 2.21. The van der Waals surface area contributed by atoms with E-state index in [1.54, 1.807) is 13.0 Å². The van der Waals surface area contributed by atoms with Crippen molar-refractivity contribution in [3.63, 3.8) is 0 Å². The Morgan fingerprint density at radius 1 is 1.40 bits per heavy atom. The van der Waals surface area contributed by atoms with Gasteiger partial charge in [-0.25, -0.2) is 4.39 Å². The van der Waals surface area contributed by atoms with Crippen molar-refractivity contribution in [3.8, 4) is 0 Å². The number of benzene rings is 1. The topological polar surface area (TPSA) is 26.3 Å². The van der Waals surface area contributed by atoms with Gasteiger partial charge in [0, 0.05) is 5.56 Å². The predicted octanol–water partition coefficient (Wildman–Crippen LogP) is 2.49. The molecule has 0 spiro atoms. The maximum atomic E-state index is 13.4. The predicted molar refractivity (Wildman–Crippen MR) is 56.1 cm³/mol. The number of esters is 1. The molecule has 0 amide bonds. The molecule has 2 nitrogen and oxygen atoms in total. The molecule has 1 aromatic carbocycles. The molecule has 0 heterocycles. The molecular weight excluding hydrogens is 195 g/mol. The maximum absolute atomic E-state index is 13.4. The number of rotatable bonds is 4. The van der Waals surface area contributed by atoms with Crippen LogP contribution in [0.2, 0.25) is 0 Å². The highest BCUT2D eigenvalue weighted by atomic mass is 19.1.